The SMILES string of the molecule is COc1cc(/C=N\n2c(=O)cn[nH]c2=S)cc([N+](=O)[O-])c1OCc1cc(C)ccc1C. The van der Waals surface area contributed by atoms with Crippen LogP contribution >= 0.6 is 12.2 Å². The van der Waals surface area contributed by atoms with Gasteiger partial charge in [0.15, 0.2) is 5.75 Å². The molecule has 0 bridgehead atoms. The van der Waals surface area contributed by atoms with Gasteiger partial charge in [0.1, 0.15) is 12.8 Å². The van der Waals surface area contributed by atoms with Gasteiger partial charge in [-0.1, -0.05) is 23.8 Å². The largest absolute Gasteiger partial charge is 0.493 e. The molecule has 0 aliphatic rings. The quantitative estimate of drug-likeness (QED) is 0.258. The summed E-state index contributed by atoms with van der Waals surface area (Å²) in [5, 5.41) is 21.7. The van der Waals surface area contributed by atoms with Crippen molar-refractivity contribution in [2.45, 2.75) is 20.5 Å². The molecule has 10 nitrogen and oxygen atoms in total. The number of benzene rings is 2. The van der Waals surface area contributed by atoms with E-state index >= 15 is 0 Å². The number of aryl methyl sites for hydroxylation is 2. The van der Waals surface area contributed by atoms with Crippen molar-refractivity contribution in [1.29, 1.82) is 0 Å². The molecule has 0 aliphatic carbocycles. The molecule has 0 aliphatic heterocycles. The fraction of sp³-hybridized carbons (Fsp3) is 0.200. The number of nitrogens with one attached hydrogen (secondary N) is 1. The predicted octanol–water partition coefficient (Wildman–Crippen LogP) is 3.30. The second-order valence-corrected chi connectivity index (χ2v) is 7.00. The molecule has 2 aromatic carbocycles. The Bertz CT molecular complexity index is 1250. The Morgan fingerprint density at radius 3 is 2.77 bits per heavy atom. The summed E-state index contributed by atoms with van der Waals surface area (Å²) >= 11 is 4.97. The average molecular weight is 441 g/mol. The molecular formula is C20H19N5O5S. The van der Waals surface area contributed by atoms with E-state index in [2.05, 4.69) is 15.3 Å². The number of aromatic nitrogens is 3. The molecule has 0 unspecified atom stereocenters. The number of methoxy groups -OCH3 is 1. The van der Waals surface area contributed by atoms with E-state index in [0.29, 0.717) is 5.56 Å². The molecule has 3 aromatic rings. The summed E-state index contributed by atoms with van der Waals surface area (Å²) in [6.45, 7) is 4.04. The second-order valence-electron chi connectivity index (χ2n) is 6.62. The smallest absolute Gasteiger partial charge is 0.315 e. The van der Waals surface area contributed by atoms with E-state index in [9.17, 15) is 14.9 Å². The number of rotatable bonds is 7. The molecule has 3 rings (SSSR count). The van der Waals surface area contributed by atoms with Crippen LogP contribution in [0, 0.1) is 28.7 Å². The molecule has 0 spiro atoms. The molecular weight excluding hydrogens is 422 g/mol. The third-order valence-electron chi connectivity index (χ3n) is 4.41. The lowest BCUT2D eigenvalue weighted by Crippen LogP contribution is -2.18. The summed E-state index contributed by atoms with van der Waals surface area (Å²) in [5.74, 6) is 0.164. The molecule has 0 saturated carbocycles. The minimum Gasteiger partial charge on any atom is -0.493 e. The minimum absolute atomic E-state index is 0.00364. The van der Waals surface area contributed by atoms with Crippen LogP contribution < -0.4 is 15.0 Å². The number of ether oxygens (including phenoxy) is 2. The number of aromatic amines is 1. The lowest BCUT2D eigenvalue weighted by molar-refractivity contribution is -0.386. The summed E-state index contributed by atoms with van der Waals surface area (Å²) in [7, 11) is 1.38. The third-order valence-corrected chi connectivity index (χ3v) is 4.67. The van der Waals surface area contributed by atoms with Crippen LogP contribution in [0.5, 0.6) is 11.5 Å². The van der Waals surface area contributed by atoms with E-state index < -0.39 is 10.5 Å². The first-order valence-electron chi connectivity index (χ1n) is 9.06. The Morgan fingerprint density at radius 1 is 1.32 bits per heavy atom. The zero-order valence-electron chi connectivity index (χ0n) is 17.0. The van der Waals surface area contributed by atoms with Gasteiger partial charge >= 0.3 is 5.69 Å². The lowest BCUT2D eigenvalue weighted by atomic mass is 10.1. The van der Waals surface area contributed by atoms with Gasteiger partial charge in [-0.15, -0.1) is 0 Å². The lowest BCUT2D eigenvalue weighted by Gasteiger charge is -2.13. The van der Waals surface area contributed by atoms with Crippen molar-refractivity contribution in [3.63, 3.8) is 0 Å². The van der Waals surface area contributed by atoms with Gasteiger partial charge in [0.2, 0.25) is 10.5 Å². The van der Waals surface area contributed by atoms with E-state index in [0.717, 1.165) is 27.6 Å². The fourth-order valence-electron chi connectivity index (χ4n) is 2.80. The molecule has 0 fully saturated rings. The third kappa shape index (κ3) is 5.01. The summed E-state index contributed by atoms with van der Waals surface area (Å²) in [5.41, 5.74) is 2.46. The highest BCUT2D eigenvalue weighted by atomic mass is 32.1. The molecule has 0 radical (unpaired) electrons. The van der Waals surface area contributed by atoms with Crippen LogP contribution in [0.15, 0.2) is 46.4 Å². The van der Waals surface area contributed by atoms with Crippen LogP contribution in [0.1, 0.15) is 22.3 Å². The number of nitro groups is 1. The Hall–Kier alpha value is -3.86. The van der Waals surface area contributed by atoms with Crippen molar-refractivity contribution in [2.24, 2.45) is 5.10 Å². The summed E-state index contributed by atoms with van der Waals surface area (Å²) < 4.78 is 12.0. The molecule has 0 atom stereocenters. The first kappa shape index (κ1) is 21.8. The second kappa shape index (κ2) is 9.30. The highest BCUT2D eigenvalue weighted by Crippen LogP contribution is 2.38. The monoisotopic (exact) mass is 441 g/mol. The standard InChI is InChI=1S/C20H19N5O5S/c1-12-4-5-13(2)15(6-12)11-30-19-16(25(27)28)7-14(8-17(19)29-3)9-22-24-18(26)10-21-23-20(24)31/h4-10H,11H2,1-3H3,(H,23,31)/b22-9-. The van der Waals surface area contributed by atoms with E-state index in [1.165, 1.54) is 25.5 Å². The first-order chi connectivity index (χ1) is 14.8. The Kier molecular flexibility index (Phi) is 6.55. The van der Waals surface area contributed by atoms with Crippen LogP contribution in [-0.2, 0) is 6.61 Å². The van der Waals surface area contributed by atoms with Crippen LogP contribution in [0.2, 0.25) is 0 Å². The minimum atomic E-state index is -0.566. The van der Waals surface area contributed by atoms with E-state index in [1.807, 2.05) is 32.0 Å². The van der Waals surface area contributed by atoms with Crippen molar-refractivity contribution >= 4 is 24.1 Å². The summed E-state index contributed by atoms with van der Waals surface area (Å²) in [6, 6.07) is 8.71. The molecule has 1 N–H and O–H groups in total. The van der Waals surface area contributed by atoms with Crippen LogP contribution in [-0.4, -0.2) is 33.1 Å². The predicted molar refractivity (Wildman–Crippen MR) is 117 cm³/mol. The van der Waals surface area contributed by atoms with Crippen molar-refractivity contribution in [3.05, 3.63) is 84.0 Å². The number of nitro benzene ring substituents is 1. The first-order valence-corrected chi connectivity index (χ1v) is 9.47. The maximum absolute atomic E-state index is 11.8. The molecule has 160 valence electrons. The summed E-state index contributed by atoms with van der Waals surface area (Å²) in [4.78, 5) is 23.0. The Labute approximate surface area is 181 Å². The number of H-pyrrole nitrogens is 1. The molecule has 0 amide bonds. The number of nitrogens with zero attached hydrogens (tertiary/aromatic N) is 4. The topological polar surface area (TPSA) is 125 Å². The normalized spacial score (nSPS) is 10.9. The van der Waals surface area contributed by atoms with E-state index in [1.54, 1.807) is 0 Å². The van der Waals surface area contributed by atoms with Gasteiger partial charge < -0.3 is 9.47 Å². The molecule has 0 saturated heterocycles. The maximum atomic E-state index is 11.8. The van der Waals surface area contributed by atoms with Gasteiger partial charge in [-0.2, -0.15) is 14.9 Å². The van der Waals surface area contributed by atoms with Crippen molar-refractivity contribution < 1.29 is 14.4 Å². The summed E-state index contributed by atoms with van der Waals surface area (Å²) in [6.07, 6.45) is 2.27. The number of hydrogen-bond donors (Lipinski definition) is 1. The van der Waals surface area contributed by atoms with Gasteiger partial charge in [0.25, 0.3) is 5.56 Å². The molecule has 1 aromatic heterocycles. The van der Waals surface area contributed by atoms with Gasteiger partial charge in [-0.05, 0) is 43.3 Å². The van der Waals surface area contributed by atoms with Crippen molar-refractivity contribution in [3.8, 4) is 11.5 Å². The van der Waals surface area contributed by atoms with Gasteiger partial charge in [-0.25, -0.2) is 0 Å². The van der Waals surface area contributed by atoms with Crippen LogP contribution in [0.3, 0.4) is 0 Å². The Morgan fingerprint density at radius 2 is 2.10 bits per heavy atom. The molecule has 31 heavy (non-hydrogen) atoms. The van der Waals surface area contributed by atoms with E-state index in [4.69, 9.17) is 21.7 Å². The Balaban J connectivity index is 1.98. The number of hydrogen-bond acceptors (Lipinski definition) is 8. The zero-order valence-corrected chi connectivity index (χ0v) is 17.8. The van der Waals surface area contributed by atoms with Gasteiger partial charge in [-0.3, -0.25) is 20.0 Å². The van der Waals surface area contributed by atoms with Gasteiger partial charge in [0, 0.05) is 11.6 Å². The molecule has 1 heterocycles. The highest BCUT2D eigenvalue weighted by Gasteiger charge is 2.22. The van der Waals surface area contributed by atoms with Gasteiger partial charge in [0.05, 0.1) is 18.2 Å². The zero-order chi connectivity index (χ0) is 22.5. The maximum Gasteiger partial charge on any atom is 0.315 e. The van der Waals surface area contributed by atoms with Crippen LogP contribution in [0.4, 0.5) is 5.69 Å². The van der Waals surface area contributed by atoms with Crippen molar-refractivity contribution in [1.82, 2.24) is 14.9 Å². The molecule has 11 heteroatoms. The average Bonchev–Trinajstić information content (AvgIpc) is 2.73. The highest BCUT2D eigenvalue weighted by molar-refractivity contribution is 7.71. The fourth-order valence-corrected chi connectivity index (χ4v) is 2.99. The van der Waals surface area contributed by atoms with E-state index in [-0.39, 0.29) is 28.6 Å². The van der Waals surface area contributed by atoms with Crippen LogP contribution in [0.25, 0.3) is 0 Å². The van der Waals surface area contributed by atoms with Crippen molar-refractivity contribution in [2.75, 3.05) is 7.11 Å².